The maximum absolute atomic E-state index is 12.2. The Balaban J connectivity index is 1.89. The van der Waals surface area contributed by atoms with E-state index in [0.717, 1.165) is 19.3 Å². The fourth-order valence-electron chi connectivity index (χ4n) is 3.25. The van der Waals surface area contributed by atoms with Crippen LogP contribution in [-0.2, 0) is 9.59 Å². The van der Waals surface area contributed by atoms with Crippen LogP contribution < -0.4 is 5.32 Å². The van der Waals surface area contributed by atoms with E-state index in [1.54, 1.807) is 0 Å². The van der Waals surface area contributed by atoms with Gasteiger partial charge >= 0.3 is 5.97 Å². The van der Waals surface area contributed by atoms with Crippen molar-refractivity contribution in [3.63, 3.8) is 0 Å². The highest BCUT2D eigenvalue weighted by atomic mass is 16.4. The third-order valence-electron chi connectivity index (χ3n) is 5.15. The van der Waals surface area contributed by atoms with Crippen molar-refractivity contribution in [1.82, 2.24) is 5.32 Å². The van der Waals surface area contributed by atoms with E-state index in [2.05, 4.69) is 19.2 Å². The molecule has 4 nitrogen and oxygen atoms in total. The van der Waals surface area contributed by atoms with Crippen molar-refractivity contribution in [2.45, 2.75) is 52.4 Å². The molecule has 2 saturated carbocycles. The molecule has 4 heteroatoms. The highest BCUT2D eigenvalue weighted by Crippen LogP contribution is 2.51. The van der Waals surface area contributed by atoms with E-state index in [1.165, 1.54) is 12.8 Å². The van der Waals surface area contributed by atoms with Gasteiger partial charge in [0.05, 0.1) is 11.8 Å². The number of hydrogen-bond donors (Lipinski definition) is 2. The number of carbonyl (C=O) groups excluding carboxylic acids is 1. The lowest BCUT2D eigenvalue weighted by molar-refractivity contribution is -0.149. The summed E-state index contributed by atoms with van der Waals surface area (Å²) in [5, 5.41) is 12.2. The molecule has 2 atom stereocenters. The van der Waals surface area contributed by atoms with E-state index < -0.39 is 11.9 Å². The molecule has 108 valence electrons. The molecule has 2 N–H and O–H groups in total. The van der Waals surface area contributed by atoms with Crippen LogP contribution in [0.3, 0.4) is 0 Å². The quantitative estimate of drug-likeness (QED) is 0.804. The number of amides is 1. The summed E-state index contributed by atoms with van der Waals surface area (Å²) in [6.45, 7) is 5.10. The Labute approximate surface area is 115 Å². The lowest BCUT2D eigenvalue weighted by Crippen LogP contribution is -2.42. The van der Waals surface area contributed by atoms with Gasteiger partial charge in [-0.05, 0) is 37.0 Å². The molecule has 0 bridgehead atoms. The molecule has 2 aliphatic carbocycles. The van der Waals surface area contributed by atoms with E-state index in [0.29, 0.717) is 18.9 Å². The van der Waals surface area contributed by atoms with Crippen LogP contribution in [0.2, 0.25) is 0 Å². The van der Waals surface area contributed by atoms with E-state index >= 15 is 0 Å². The van der Waals surface area contributed by atoms with Crippen LogP contribution in [0.5, 0.6) is 0 Å². The second kappa shape index (κ2) is 5.51. The molecule has 0 saturated heterocycles. The van der Waals surface area contributed by atoms with Crippen LogP contribution in [0, 0.1) is 23.2 Å². The number of hydrogen-bond acceptors (Lipinski definition) is 2. The van der Waals surface area contributed by atoms with Crippen molar-refractivity contribution in [2.24, 2.45) is 23.2 Å². The zero-order valence-corrected chi connectivity index (χ0v) is 11.9. The van der Waals surface area contributed by atoms with Gasteiger partial charge in [-0.15, -0.1) is 0 Å². The van der Waals surface area contributed by atoms with Crippen molar-refractivity contribution in [2.75, 3.05) is 6.54 Å². The molecule has 2 fully saturated rings. The van der Waals surface area contributed by atoms with Crippen LogP contribution in [0.1, 0.15) is 52.4 Å². The Morgan fingerprint density at radius 1 is 1.21 bits per heavy atom. The molecule has 19 heavy (non-hydrogen) atoms. The molecule has 0 radical (unpaired) electrons. The summed E-state index contributed by atoms with van der Waals surface area (Å²) in [5.74, 6) is -1.09. The average Bonchev–Trinajstić information content (AvgIpc) is 3.17. The Bertz CT molecular complexity index is 360. The van der Waals surface area contributed by atoms with Gasteiger partial charge in [0.2, 0.25) is 5.91 Å². The van der Waals surface area contributed by atoms with Gasteiger partial charge in [0.1, 0.15) is 0 Å². The predicted molar refractivity (Wildman–Crippen MR) is 72.6 cm³/mol. The Morgan fingerprint density at radius 2 is 1.79 bits per heavy atom. The van der Waals surface area contributed by atoms with Crippen molar-refractivity contribution in [3.05, 3.63) is 0 Å². The fourth-order valence-corrected chi connectivity index (χ4v) is 3.25. The zero-order valence-electron chi connectivity index (χ0n) is 11.9. The molecule has 0 aromatic carbocycles. The Morgan fingerprint density at radius 3 is 2.26 bits per heavy atom. The standard InChI is InChI=1S/C15H25NO3/c1-10(2)15(7-8-15)9-16-13(17)11-5-3-4-6-12(11)14(18)19/h10-12H,3-9H2,1-2H3,(H,16,17)(H,18,19)/t11-,12+/m1/s1. The average molecular weight is 267 g/mol. The van der Waals surface area contributed by atoms with E-state index in [4.69, 9.17) is 0 Å². The van der Waals surface area contributed by atoms with Gasteiger partial charge in [0, 0.05) is 6.54 Å². The highest BCUT2D eigenvalue weighted by molar-refractivity contribution is 5.84. The Hall–Kier alpha value is -1.06. The molecule has 2 rings (SSSR count). The molecule has 2 aliphatic rings. The third-order valence-corrected chi connectivity index (χ3v) is 5.15. The molecule has 0 unspecified atom stereocenters. The normalized spacial score (nSPS) is 29.0. The first kappa shape index (κ1) is 14.4. The zero-order chi connectivity index (χ0) is 14.0. The second-order valence-electron chi connectivity index (χ2n) is 6.57. The fraction of sp³-hybridized carbons (Fsp3) is 0.867. The number of carbonyl (C=O) groups is 2. The van der Waals surface area contributed by atoms with Gasteiger partial charge < -0.3 is 10.4 Å². The highest BCUT2D eigenvalue weighted by Gasteiger charge is 2.46. The molecule has 0 aliphatic heterocycles. The van der Waals surface area contributed by atoms with Gasteiger partial charge in [-0.2, -0.15) is 0 Å². The minimum Gasteiger partial charge on any atom is -0.481 e. The lowest BCUT2D eigenvalue weighted by Gasteiger charge is -2.29. The maximum atomic E-state index is 12.2. The first-order chi connectivity index (χ1) is 8.96. The van der Waals surface area contributed by atoms with Crippen molar-refractivity contribution in [3.8, 4) is 0 Å². The summed E-state index contributed by atoms with van der Waals surface area (Å²) in [5.41, 5.74) is 0.281. The van der Waals surface area contributed by atoms with Gasteiger partial charge in [-0.3, -0.25) is 9.59 Å². The number of carboxylic acid groups (broad SMARTS) is 1. The van der Waals surface area contributed by atoms with Gasteiger partial charge in [-0.25, -0.2) is 0 Å². The van der Waals surface area contributed by atoms with E-state index in [1.807, 2.05) is 0 Å². The number of carboxylic acids is 1. The van der Waals surface area contributed by atoms with Crippen LogP contribution in [0.25, 0.3) is 0 Å². The minimum atomic E-state index is -0.815. The summed E-state index contributed by atoms with van der Waals surface area (Å²) < 4.78 is 0. The van der Waals surface area contributed by atoms with Crippen molar-refractivity contribution in [1.29, 1.82) is 0 Å². The maximum Gasteiger partial charge on any atom is 0.307 e. The number of nitrogens with one attached hydrogen (secondary N) is 1. The van der Waals surface area contributed by atoms with Crippen molar-refractivity contribution >= 4 is 11.9 Å². The molecule has 0 heterocycles. The molecule has 0 aromatic heterocycles. The Kier molecular flexibility index (Phi) is 4.16. The van der Waals surface area contributed by atoms with Gasteiger partial charge in [0.15, 0.2) is 0 Å². The number of rotatable bonds is 5. The smallest absolute Gasteiger partial charge is 0.307 e. The predicted octanol–water partition coefficient (Wildman–Crippen LogP) is 2.43. The number of aliphatic carboxylic acids is 1. The van der Waals surface area contributed by atoms with Gasteiger partial charge in [0.25, 0.3) is 0 Å². The third kappa shape index (κ3) is 3.10. The van der Waals surface area contributed by atoms with E-state index in [-0.39, 0.29) is 17.2 Å². The van der Waals surface area contributed by atoms with Gasteiger partial charge in [-0.1, -0.05) is 26.7 Å². The minimum absolute atomic E-state index is 0.0426. The summed E-state index contributed by atoms with van der Waals surface area (Å²) in [6.07, 6.45) is 5.62. The molecular formula is C15H25NO3. The van der Waals surface area contributed by atoms with Crippen molar-refractivity contribution < 1.29 is 14.7 Å². The summed E-state index contributed by atoms with van der Waals surface area (Å²) in [6, 6.07) is 0. The van der Waals surface area contributed by atoms with Crippen LogP contribution >= 0.6 is 0 Å². The molecular weight excluding hydrogens is 242 g/mol. The summed E-state index contributed by atoms with van der Waals surface area (Å²) >= 11 is 0. The second-order valence-corrected chi connectivity index (χ2v) is 6.57. The lowest BCUT2D eigenvalue weighted by atomic mass is 9.78. The topological polar surface area (TPSA) is 66.4 Å². The van der Waals surface area contributed by atoms with Crippen LogP contribution in [0.4, 0.5) is 0 Å². The first-order valence-electron chi connectivity index (χ1n) is 7.47. The first-order valence-corrected chi connectivity index (χ1v) is 7.47. The molecule has 0 spiro atoms. The summed E-state index contributed by atoms with van der Waals surface area (Å²) in [7, 11) is 0. The molecule has 0 aromatic rings. The van der Waals surface area contributed by atoms with E-state index in [9.17, 15) is 14.7 Å². The monoisotopic (exact) mass is 267 g/mol. The van der Waals surface area contributed by atoms with Crippen LogP contribution in [0.15, 0.2) is 0 Å². The van der Waals surface area contributed by atoms with Crippen LogP contribution in [-0.4, -0.2) is 23.5 Å². The molecule has 1 amide bonds. The summed E-state index contributed by atoms with van der Waals surface area (Å²) in [4.78, 5) is 23.4. The largest absolute Gasteiger partial charge is 0.481 e. The SMILES string of the molecule is CC(C)C1(CNC(=O)[C@@H]2CCCC[C@@H]2C(=O)O)CC1.